The second kappa shape index (κ2) is 7.15. The molecule has 0 bridgehead atoms. The second-order valence-corrected chi connectivity index (χ2v) is 4.40. The average molecular weight is 245 g/mol. The molecule has 0 aliphatic heterocycles. The Morgan fingerprint density at radius 2 is 2.27 bits per heavy atom. The van der Waals surface area contributed by atoms with Gasteiger partial charge in [0.05, 0.1) is 13.2 Å². The Hall–Kier alpha value is -0.180. The molecule has 0 fully saturated rings. The van der Waals surface area contributed by atoms with Gasteiger partial charge in [-0.2, -0.15) is 12.6 Å². The lowest BCUT2D eigenvalue weighted by Crippen LogP contribution is -2.10. The molecular weight excluding hydrogens is 228 g/mol. The summed E-state index contributed by atoms with van der Waals surface area (Å²) in [5.41, 5.74) is 1.12. The van der Waals surface area contributed by atoms with Crippen LogP contribution >= 0.6 is 24.2 Å². The number of ether oxygens (including phenoxy) is 1. The van der Waals surface area contributed by atoms with E-state index in [2.05, 4.69) is 19.6 Å². The monoisotopic (exact) mass is 244 g/mol. The molecule has 0 radical (unpaired) electrons. The van der Waals surface area contributed by atoms with Gasteiger partial charge in [0.25, 0.3) is 0 Å². The van der Waals surface area contributed by atoms with Gasteiger partial charge in [-0.15, -0.1) is 0 Å². The minimum Gasteiger partial charge on any atom is -0.376 e. The van der Waals surface area contributed by atoms with Crippen molar-refractivity contribution in [1.82, 2.24) is 0 Å². The number of benzene rings is 1. The third kappa shape index (κ3) is 4.92. The van der Waals surface area contributed by atoms with E-state index in [-0.39, 0.29) is 0 Å². The summed E-state index contributed by atoms with van der Waals surface area (Å²) in [7, 11) is 0. The molecule has 0 amide bonds. The van der Waals surface area contributed by atoms with Crippen LogP contribution in [-0.2, 0) is 11.3 Å². The van der Waals surface area contributed by atoms with E-state index in [4.69, 9.17) is 16.3 Å². The zero-order chi connectivity index (χ0) is 11.1. The van der Waals surface area contributed by atoms with E-state index in [1.165, 1.54) is 0 Å². The second-order valence-electron chi connectivity index (χ2n) is 3.60. The van der Waals surface area contributed by atoms with Crippen LogP contribution in [0.1, 0.15) is 18.9 Å². The SMILES string of the molecule is CCC(CS)COCc1cccc(Cl)c1. The molecule has 3 heteroatoms. The summed E-state index contributed by atoms with van der Waals surface area (Å²) in [6.45, 7) is 3.56. The standard InChI is InChI=1S/C12H17ClOS/c1-2-10(9-15)7-14-8-11-4-3-5-12(13)6-11/h3-6,10,15H,2,7-9H2,1H3. The van der Waals surface area contributed by atoms with E-state index in [1.54, 1.807) is 0 Å². The molecule has 84 valence electrons. The molecule has 1 atom stereocenters. The summed E-state index contributed by atoms with van der Waals surface area (Å²) in [5.74, 6) is 1.43. The Balaban J connectivity index is 2.31. The molecule has 1 aromatic carbocycles. The minimum atomic E-state index is 0.549. The zero-order valence-corrected chi connectivity index (χ0v) is 10.6. The Kier molecular flexibility index (Phi) is 6.15. The van der Waals surface area contributed by atoms with Crippen molar-refractivity contribution in [2.45, 2.75) is 20.0 Å². The van der Waals surface area contributed by atoms with E-state index in [0.717, 1.165) is 29.4 Å². The molecule has 0 N–H and O–H groups in total. The summed E-state index contributed by atoms with van der Waals surface area (Å²) >= 11 is 10.1. The normalized spacial score (nSPS) is 12.7. The van der Waals surface area contributed by atoms with E-state index < -0.39 is 0 Å². The van der Waals surface area contributed by atoms with Crippen LogP contribution in [0.15, 0.2) is 24.3 Å². The van der Waals surface area contributed by atoms with Crippen molar-refractivity contribution in [2.75, 3.05) is 12.4 Å². The summed E-state index contributed by atoms with van der Waals surface area (Å²) in [5, 5.41) is 0.761. The Morgan fingerprint density at radius 1 is 1.47 bits per heavy atom. The van der Waals surface area contributed by atoms with Crippen LogP contribution in [0.3, 0.4) is 0 Å². The Bertz CT molecular complexity index is 287. The van der Waals surface area contributed by atoms with Crippen LogP contribution in [-0.4, -0.2) is 12.4 Å². The summed E-state index contributed by atoms with van der Waals surface area (Å²) in [4.78, 5) is 0. The number of rotatable bonds is 6. The molecule has 15 heavy (non-hydrogen) atoms. The number of halogens is 1. The first-order valence-corrected chi connectivity index (χ1v) is 6.20. The largest absolute Gasteiger partial charge is 0.376 e. The van der Waals surface area contributed by atoms with E-state index >= 15 is 0 Å². The van der Waals surface area contributed by atoms with Crippen molar-refractivity contribution < 1.29 is 4.74 Å². The maximum absolute atomic E-state index is 5.87. The van der Waals surface area contributed by atoms with Gasteiger partial charge in [0.2, 0.25) is 0 Å². The first-order chi connectivity index (χ1) is 7.26. The lowest BCUT2D eigenvalue weighted by Gasteiger charge is -2.12. The van der Waals surface area contributed by atoms with Gasteiger partial charge in [-0.25, -0.2) is 0 Å². The molecule has 0 aliphatic carbocycles. The topological polar surface area (TPSA) is 9.23 Å². The minimum absolute atomic E-state index is 0.549. The smallest absolute Gasteiger partial charge is 0.0717 e. The number of hydrogen-bond donors (Lipinski definition) is 1. The maximum Gasteiger partial charge on any atom is 0.0717 e. The van der Waals surface area contributed by atoms with Gasteiger partial charge in [0.15, 0.2) is 0 Å². The van der Waals surface area contributed by atoms with Crippen LogP contribution in [0.5, 0.6) is 0 Å². The van der Waals surface area contributed by atoms with Gasteiger partial charge < -0.3 is 4.74 Å². The van der Waals surface area contributed by atoms with Gasteiger partial charge in [0.1, 0.15) is 0 Å². The molecule has 1 nitrogen and oxygen atoms in total. The molecule has 1 unspecified atom stereocenters. The van der Waals surface area contributed by atoms with Crippen molar-refractivity contribution in [3.05, 3.63) is 34.9 Å². The molecule has 0 aromatic heterocycles. The van der Waals surface area contributed by atoms with E-state index in [1.807, 2.05) is 24.3 Å². The highest BCUT2D eigenvalue weighted by molar-refractivity contribution is 7.80. The highest BCUT2D eigenvalue weighted by Crippen LogP contribution is 2.12. The van der Waals surface area contributed by atoms with Crippen LogP contribution < -0.4 is 0 Å². The fourth-order valence-electron chi connectivity index (χ4n) is 1.27. The lowest BCUT2D eigenvalue weighted by molar-refractivity contribution is 0.0924. The van der Waals surface area contributed by atoms with Crippen molar-refractivity contribution >= 4 is 24.2 Å². The predicted molar refractivity (Wildman–Crippen MR) is 68.7 cm³/mol. The van der Waals surface area contributed by atoms with Crippen LogP contribution in [0, 0.1) is 5.92 Å². The molecular formula is C12H17ClOS. The van der Waals surface area contributed by atoms with Gasteiger partial charge in [-0.3, -0.25) is 0 Å². The average Bonchev–Trinajstić information content (AvgIpc) is 2.25. The van der Waals surface area contributed by atoms with Crippen molar-refractivity contribution in [1.29, 1.82) is 0 Å². The van der Waals surface area contributed by atoms with Gasteiger partial charge in [0, 0.05) is 5.02 Å². The molecule has 0 aliphatic rings. The molecule has 1 aromatic rings. The van der Waals surface area contributed by atoms with Crippen molar-refractivity contribution in [2.24, 2.45) is 5.92 Å². The van der Waals surface area contributed by atoms with Crippen LogP contribution in [0.25, 0.3) is 0 Å². The highest BCUT2D eigenvalue weighted by atomic mass is 35.5. The first kappa shape index (κ1) is 12.9. The lowest BCUT2D eigenvalue weighted by atomic mass is 10.1. The summed E-state index contributed by atoms with van der Waals surface area (Å²) < 4.78 is 5.61. The van der Waals surface area contributed by atoms with Gasteiger partial charge in [-0.1, -0.05) is 37.1 Å². The molecule has 0 saturated heterocycles. The molecule has 0 saturated carbocycles. The van der Waals surface area contributed by atoms with Crippen LogP contribution in [0.4, 0.5) is 0 Å². The quantitative estimate of drug-likeness (QED) is 0.749. The van der Waals surface area contributed by atoms with E-state index in [9.17, 15) is 0 Å². The van der Waals surface area contributed by atoms with E-state index in [0.29, 0.717) is 12.5 Å². The molecule has 0 heterocycles. The third-order valence-corrected chi connectivity index (χ3v) is 3.10. The van der Waals surface area contributed by atoms with Crippen molar-refractivity contribution in [3.63, 3.8) is 0 Å². The zero-order valence-electron chi connectivity index (χ0n) is 8.95. The predicted octanol–water partition coefficient (Wildman–Crippen LogP) is 3.81. The molecule has 0 spiro atoms. The highest BCUT2D eigenvalue weighted by Gasteiger charge is 2.03. The number of thiol groups is 1. The Labute approximate surface area is 102 Å². The van der Waals surface area contributed by atoms with Crippen LogP contribution in [0.2, 0.25) is 5.02 Å². The maximum atomic E-state index is 5.87. The Morgan fingerprint density at radius 3 is 2.87 bits per heavy atom. The fourth-order valence-corrected chi connectivity index (χ4v) is 1.85. The fraction of sp³-hybridized carbons (Fsp3) is 0.500. The van der Waals surface area contributed by atoms with Crippen molar-refractivity contribution in [3.8, 4) is 0 Å². The summed E-state index contributed by atoms with van der Waals surface area (Å²) in [6, 6.07) is 7.77. The van der Waals surface area contributed by atoms with Gasteiger partial charge in [-0.05, 0) is 29.4 Å². The number of hydrogen-bond acceptors (Lipinski definition) is 2. The first-order valence-electron chi connectivity index (χ1n) is 5.19. The molecule has 1 rings (SSSR count). The summed E-state index contributed by atoms with van der Waals surface area (Å²) in [6.07, 6.45) is 1.11. The third-order valence-electron chi connectivity index (χ3n) is 2.35. The van der Waals surface area contributed by atoms with Gasteiger partial charge >= 0.3 is 0 Å².